The smallest absolute Gasteiger partial charge is 0.271 e. The Balaban J connectivity index is 1.74. The number of anilines is 1. The van der Waals surface area contributed by atoms with Crippen LogP contribution in [-0.2, 0) is 4.79 Å². The highest BCUT2D eigenvalue weighted by atomic mass is 16.6. The molecule has 184 valence electrons. The summed E-state index contributed by atoms with van der Waals surface area (Å²) in [5.74, 6) is 0.222. The van der Waals surface area contributed by atoms with Gasteiger partial charge in [-0.2, -0.15) is 0 Å². The van der Waals surface area contributed by atoms with E-state index in [4.69, 9.17) is 9.15 Å². The van der Waals surface area contributed by atoms with Gasteiger partial charge in [0.1, 0.15) is 11.3 Å². The second-order valence-electron chi connectivity index (χ2n) is 8.82. The Kier molecular flexibility index (Phi) is 6.92. The molecule has 0 fully saturated rings. The van der Waals surface area contributed by atoms with Crippen molar-refractivity contribution in [3.63, 3.8) is 0 Å². The summed E-state index contributed by atoms with van der Waals surface area (Å²) in [6.45, 7) is 10.1. The van der Waals surface area contributed by atoms with E-state index in [1.54, 1.807) is 19.3 Å². The van der Waals surface area contributed by atoms with Crippen LogP contribution in [0.1, 0.15) is 36.1 Å². The van der Waals surface area contributed by atoms with Crippen LogP contribution in [0.15, 0.2) is 65.3 Å². The fourth-order valence-corrected chi connectivity index (χ4v) is 4.26. The lowest BCUT2D eigenvalue weighted by Crippen LogP contribution is -2.10. The van der Waals surface area contributed by atoms with Crippen molar-refractivity contribution in [2.45, 2.75) is 34.6 Å². The molecule has 4 rings (SSSR count). The molecule has 36 heavy (non-hydrogen) atoms. The van der Waals surface area contributed by atoms with Gasteiger partial charge < -0.3 is 14.5 Å². The summed E-state index contributed by atoms with van der Waals surface area (Å²) in [7, 11) is 0. The van der Waals surface area contributed by atoms with Gasteiger partial charge in [0.05, 0.1) is 23.5 Å². The molecule has 1 aromatic heterocycles. The number of benzene rings is 3. The molecule has 0 aliphatic carbocycles. The number of rotatable bonds is 7. The van der Waals surface area contributed by atoms with Crippen molar-refractivity contribution in [1.82, 2.24) is 0 Å². The Hall–Kier alpha value is -4.39. The number of furan rings is 1. The van der Waals surface area contributed by atoms with Gasteiger partial charge in [0, 0.05) is 40.8 Å². The summed E-state index contributed by atoms with van der Waals surface area (Å²) in [4.78, 5) is 23.5. The van der Waals surface area contributed by atoms with Gasteiger partial charge >= 0.3 is 0 Å². The Morgan fingerprint density at radius 2 is 1.83 bits per heavy atom. The van der Waals surface area contributed by atoms with Crippen molar-refractivity contribution in [3.8, 4) is 16.9 Å². The summed E-state index contributed by atoms with van der Waals surface area (Å²) < 4.78 is 11.8. The van der Waals surface area contributed by atoms with E-state index >= 15 is 0 Å². The zero-order valence-electron chi connectivity index (χ0n) is 21.0. The zero-order valence-corrected chi connectivity index (χ0v) is 21.0. The molecule has 0 bridgehead atoms. The maximum Gasteiger partial charge on any atom is 0.271 e. The van der Waals surface area contributed by atoms with E-state index in [1.807, 2.05) is 26.0 Å². The van der Waals surface area contributed by atoms with E-state index in [-0.39, 0.29) is 11.6 Å². The third-order valence-corrected chi connectivity index (χ3v) is 6.11. The quantitative estimate of drug-likeness (QED) is 0.168. The van der Waals surface area contributed by atoms with Crippen LogP contribution in [0.3, 0.4) is 0 Å². The van der Waals surface area contributed by atoms with Gasteiger partial charge in [-0.25, -0.2) is 0 Å². The minimum atomic E-state index is -0.488. The number of aryl methyl sites for hydroxylation is 3. The molecule has 0 aliphatic rings. The van der Waals surface area contributed by atoms with Crippen LogP contribution in [-0.4, -0.2) is 17.4 Å². The lowest BCUT2D eigenvalue weighted by molar-refractivity contribution is -0.384. The molecule has 0 aliphatic heterocycles. The highest BCUT2D eigenvalue weighted by Crippen LogP contribution is 2.38. The second kappa shape index (κ2) is 10.1. The number of nitro groups is 1. The first-order valence-corrected chi connectivity index (χ1v) is 11.7. The molecule has 0 spiro atoms. The second-order valence-corrected chi connectivity index (χ2v) is 8.82. The monoisotopic (exact) mass is 484 g/mol. The minimum absolute atomic E-state index is 0.0837. The van der Waals surface area contributed by atoms with Crippen LogP contribution in [0.5, 0.6) is 5.75 Å². The first-order valence-electron chi connectivity index (χ1n) is 11.7. The lowest BCUT2D eigenvalue weighted by atomic mass is 9.96. The van der Waals surface area contributed by atoms with Crippen molar-refractivity contribution >= 4 is 33.8 Å². The molecule has 4 aromatic rings. The molecule has 7 nitrogen and oxygen atoms in total. The third kappa shape index (κ3) is 5.00. The van der Waals surface area contributed by atoms with Crippen LogP contribution in [0.25, 0.3) is 27.7 Å². The summed E-state index contributed by atoms with van der Waals surface area (Å²) >= 11 is 0. The molecule has 0 radical (unpaired) electrons. The van der Waals surface area contributed by atoms with Gasteiger partial charge in [-0.1, -0.05) is 29.8 Å². The number of nitrogens with one attached hydrogen (secondary N) is 1. The summed E-state index contributed by atoms with van der Waals surface area (Å²) in [5.41, 5.74) is 7.57. The van der Waals surface area contributed by atoms with Crippen LogP contribution >= 0.6 is 0 Å². The average Bonchev–Trinajstić information content (AvgIpc) is 3.22. The van der Waals surface area contributed by atoms with Crippen molar-refractivity contribution in [3.05, 3.63) is 93.2 Å². The molecule has 0 atom stereocenters. The van der Waals surface area contributed by atoms with E-state index < -0.39 is 4.92 Å². The average molecular weight is 485 g/mol. The molecule has 1 heterocycles. The first kappa shape index (κ1) is 24.7. The van der Waals surface area contributed by atoms with E-state index in [1.165, 1.54) is 23.8 Å². The number of amides is 1. The number of ether oxygens (including phenoxy) is 1. The first-order chi connectivity index (χ1) is 17.2. The highest BCUT2D eigenvalue weighted by Gasteiger charge is 2.17. The van der Waals surface area contributed by atoms with Gasteiger partial charge in [-0.15, -0.1) is 0 Å². The number of non-ortho nitro benzene ring substituents is 1. The van der Waals surface area contributed by atoms with Crippen molar-refractivity contribution in [2.24, 2.45) is 0 Å². The molecular formula is C29H28N2O5. The number of carbonyl (C=O) groups is 1. The molecule has 7 heteroatoms. The molecule has 0 saturated carbocycles. The van der Waals surface area contributed by atoms with Crippen LogP contribution in [0, 0.1) is 30.9 Å². The van der Waals surface area contributed by atoms with Gasteiger partial charge in [-0.3, -0.25) is 14.9 Å². The van der Waals surface area contributed by atoms with E-state index in [9.17, 15) is 14.9 Å². The van der Waals surface area contributed by atoms with Crippen LogP contribution in [0.2, 0.25) is 0 Å². The number of carbonyl (C=O) groups excluding carboxylic acids is 1. The third-order valence-electron chi connectivity index (χ3n) is 6.11. The zero-order chi connectivity index (χ0) is 26.0. The topological polar surface area (TPSA) is 94.6 Å². The maximum absolute atomic E-state index is 12.9. The van der Waals surface area contributed by atoms with Gasteiger partial charge in [0.25, 0.3) is 5.69 Å². The molecule has 3 aromatic carbocycles. The van der Waals surface area contributed by atoms with E-state index in [0.717, 1.165) is 33.2 Å². The molecule has 1 amide bonds. The predicted molar refractivity (Wildman–Crippen MR) is 142 cm³/mol. The van der Waals surface area contributed by atoms with Gasteiger partial charge in [0.15, 0.2) is 0 Å². The number of fused-ring (bicyclic) bond motifs is 1. The standard InChI is InChI=1S/C29H28N2O5/c1-6-35-27-15-28-24(25(16-36-28)22-10-7-17(2)11-19(22)4)14-23(27)20(5)12-29(32)30-26-13-21(31(33)34)9-8-18(26)3/h7-16H,6H2,1-5H3,(H,30,32)/b20-12+. The summed E-state index contributed by atoms with van der Waals surface area (Å²) in [6, 6.07) is 14.5. The van der Waals surface area contributed by atoms with Gasteiger partial charge in [-0.05, 0) is 62.9 Å². The Morgan fingerprint density at radius 1 is 1.06 bits per heavy atom. The number of hydrogen-bond acceptors (Lipinski definition) is 5. The lowest BCUT2D eigenvalue weighted by Gasteiger charge is -2.12. The largest absolute Gasteiger partial charge is 0.493 e. The Bertz CT molecular complexity index is 1510. The van der Waals surface area contributed by atoms with Gasteiger partial charge in [0.2, 0.25) is 5.91 Å². The normalized spacial score (nSPS) is 11.5. The maximum atomic E-state index is 12.9. The minimum Gasteiger partial charge on any atom is -0.493 e. The highest BCUT2D eigenvalue weighted by molar-refractivity contribution is 6.06. The summed E-state index contributed by atoms with van der Waals surface area (Å²) in [5, 5.41) is 14.8. The fourth-order valence-electron chi connectivity index (χ4n) is 4.26. The Morgan fingerprint density at radius 3 is 2.53 bits per heavy atom. The number of nitrogens with zero attached hydrogens (tertiary/aromatic N) is 1. The molecular weight excluding hydrogens is 456 g/mol. The molecule has 0 saturated heterocycles. The number of hydrogen-bond donors (Lipinski definition) is 1. The molecule has 1 N–H and O–H groups in total. The Labute approximate surface area is 209 Å². The van der Waals surface area contributed by atoms with Crippen LogP contribution < -0.4 is 10.1 Å². The van der Waals surface area contributed by atoms with Crippen molar-refractivity contribution in [1.29, 1.82) is 0 Å². The van der Waals surface area contributed by atoms with Crippen LogP contribution in [0.4, 0.5) is 11.4 Å². The molecule has 0 unspecified atom stereocenters. The fraction of sp³-hybridized carbons (Fsp3) is 0.207. The predicted octanol–water partition coefficient (Wildman–Crippen LogP) is 7.37. The van der Waals surface area contributed by atoms with Crippen molar-refractivity contribution in [2.75, 3.05) is 11.9 Å². The van der Waals surface area contributed by atoms with Crippen molar-refractivity contribution < 1.29 is 18.9 Å². The number of allylic oxidation sites excluding steroid dienone is 1. The van der Waals surface area contributed by atoms with E-state index in [2.05, 4.69) is 37.4 Å². The SMILES string of the molecule is CCOc1cc2occ(-c3ccc(C)cc3C)c2cc1/C(C)=C/C(=O)Nc1cc([N+](=O)[O-])ccc1C. The number of nitro benzene ring substituents is 1. The van der Waals surface area contributed by atoms with E-state index in [0.29, 0.717) is 29.2 Å². The summed E-state index contributed by atoms with van der Waals surface area (Å²) in [6.07, 6.45) is 3.22.